The van der Waals surface area contributed by atoms with Crippen LogP contribution in [-0.2, 0) is 14.3 Å². The summed E-state index contributed by atoms with van der Waals surface area (Å²) >= 11 is 0. The minimum Gasteiger partial charge on any atom is -0.480 e. The van der Waals surface area contributed by atoms with E-state index in [2.05, 4.69) is 12.2 Å². The van der Waals surface area contributed by atoms with Crippen LogP contribution >= 0.6 is 0 Å². The molecule has 0 saturated heterocycles. The van der Waals surface area contributed by atoms with Crippen molar-refractivity contribution in [3.05, 3.63) is 0 Å². The van der Waals surface area contributed by atoms with Crippen molar-refractivity contribution in [3.8, 4) is 0 Å². The number of carbonyl (C=O) groups excluding carboxylic acids is 1. The largest absolute Gasteiger partial charge is 0.480 e. The highest BCUT2D eigenvalue weighted by molar-refractivity contribution is 5.84. The van der Waals surface area contributed by atoms with Crippen molar-refractivity contribution >= 4 is 11.9 Å². The summed E-state index contributed by atoms with van der Waals surface area (Å²) in [5, 5.41) is 11.5. The first-order valence-corrected chi connectivity index (χ1v) is 7.21. The lowest BCUT2D eigenvalue weighted by Gasteiger charge is -2.14. The van der Waals surface area contributed by atoms with E-state index in [1.165, 1.54) is 19.3 Å². The number of carboxylic acids is 1. The van der Waals surface area contributed by atoms with Crippen LogP contribution in [0.2, 0.25) is 0 Å². The second kappa shape index (κ2) is 12.0. The summed E-state index contributed by atoms with van der Waals surface area (Å²) in [6, 6.07) is -0.792. The maximum absolute atomic E-state index is 11.4. The number of hydrogen-bond acceptors (Lipinski definition) is 3. The number of rotatable bonds is 12. The predicted molar refractivity (Wildman–Crippen MR) is 74.1 cm³/mol. The molecule has 0 aromatic rings. The monoisotopic (exact) mass is 273 g/mol. The normalized spacial score (nSPS) is 12.1. The van der Waals surface area contributed by atoms with Crippen molar-refractivity contribution in [3.63, 3.8) is 0 Å². The van der Waals surface area contributed by atoms with E-state index in [0.29, 0.717) is 13.0 Å². The number of carboxylic acid groups (broad SMARTS) is 1. The Labute approximate surface area is 115 Å². The van der Waals surface area contributed by atoms with Crippen molar-refractivity contribution < 1.29 is 19.4 Å². The Kier molecular flexibility index (Phi) is 11.3. The minimum absolute atomic E-state index is 0.0726. The van der Waals surface area contributed by atoms with Gasteiger partial charge in [-0.1, -0.05) is 45.4 Å². The molecule has 0 bridgehead atoms. The summed E-state index contributed by atoms with van der Waals surface area (Å²) in [4.78, 5) is 22.4. The first-order valence-electron chi connectivity index (χ1n) is 7.21. The molecule has 112 valence electrons. The van der Waals surface area contributed by atoms with E-state index in [4.69, 9.17) is 9.84 Å². The van der Waals surface area contributed by atoms with E-state index in [1.54, 1.807) is 6.92 Å². The highest BCUT2D eigenvalue weighted by Crippen LogP contribution is 2.08. The molecule has 0 radical (unpaired) electrons. The smallest absolute Gasteiger partial charge is 0.326 e. The van der Waals surface area contributed by atoms with Crippen molar-refractivity contribution in [2.75, 3.05) is 13.2 Å². The van der Waals surface area contributed by atoms with E-state index in [0.717, 1.165) is 19.3 Å². The molecule has 0 rings (SSSR count). The standard InChI is InChI=1S/C14H27NO4/c1-3-5-6-7-8-9-10-12(14(17)18)15-13(16)11-19-4-2/h12H,3-11H2,1-2H3,(H,15,16)(H,17,18)/t12-/m0/s1. The van der Waals surface area contributed by atoms with Gasteiger partial charge < -0.3 is 15.2 Å². The van der Waals surface area contributed by atoms with E-state index in [9.17, 15) is 9.59 Å². The Morgan fingerprint density at radius 2 is 1.74 bits per heavy atom. The molecule has 0 spiro atoms. The first kappa shape index (κ1) is 17.9. The highest BCUT2D eigenvalue weighted by atomic mass is 16.5. The van der Waals surface area contributed by atoms with Crippen molar-refractivity contribution in [2.45, 2.75) is 64.8 Å². The molecule has 0 aliphatic carbocycles. The fourth-order valence-corrected chi connectivity index (χ4v) is 1.82. The number of ether oxygens (including phenoxy) is 1. The lowest BCUT2D eigenvalue weighted by Crippen LogP contribution is -2.42. The molecule has 1 amide bonds. The molecule has 0 heterocycles. The van der Waals surface area contributed by atoms with Gasteiger partial charge in [0.25, 0.3) is 0 Å². The maximum Gasteiger partial charge on any atom is 0.326 e. The van der Waals surface area contributed by atoms with E-state index in [-0.39, 0.29) is 12.5 Å². The summed E-state index contributed by atoms with van der Waals surface area (Å²) in [6.45, 7) is 4.33. The molecule has 0 aliphatic rings. The van der Waals surface area contributed by atoms with Gasteiger partial charge in [0, 0.05) is 6.61 Å². The van der Waals surface area contributed by atoms with Gasteiger partial charge in [0.05, 0.1) is 0 Å². The Morgan fingerprint density at radius 3 is 2.32 bits per heavy atom. The average Bonchev–Trinajstić information content (AvgIpc) is 2.38. The van der Waals surface area contributed by atoms with E-state index in [1.807, 2.05) is 0 Å². The van der Waals surface area contributed by atoms with Crippen LogP contribution in [0.4, 0.5) is 0 Å². The van der Waals surface area contributed by atoms with Gasteiger partial charge in [-0.25, -0.2) is 4.79 Å². The molecule has 1 atom stereocenters. The number of amides is 1. The third-order valence-corrected chi connectivity index (χ3v) is 2.92. The molecule has 0 aromatic heterocycles. The molecule has 0 fully saturated rings. The average molecular weight is 273 g/mol. The van der Waals surface area contributed by atoms with Crippen LogP contribution in [0, 0.1) is 0 Å². The van der Waals surface area contributed by atoms with Gasteiger partial charge in [-0.3, -0.25) is 4.79 Å². The molecule has 0 aliphatic heterocycles. The fraction of sp³-hybridized carbons (Fsp3) is 0.857. The second-order valence-corrected chi connectivity index (χ2v) is 4.65. The lowest BCUT2D eigenvalue weighted by molar-refractivity contribution is -0.142. The van der Waals surface area contributed by atoms with Crippen LogP contribution in [0.25, 0.3) is 0 Å². The summed E-state index contributed by atoms with van der Waals surface area (Å²) in [5.41, 5.74) is 0. The topological polar surface area (TPSA) is 75.6 Å². The molecule has 19 heavy (non-hydrogen) atoms. The van der Waals surface area contributed by atoms with Crippen LogP contribution < -0.4 is 5.32 Å². The zero-order chi connectivity index (χ0) is 14.5. The maximum atomic E-state index is 11.4. The van der Waals surface area contributed by atoms with Crippen LogP contribution in [0.5, 0.6) is 0 Å². The molecular formula is C14H27NO4. The van der Waals surface area contributed by atoms with Crippen LogP contribution in [0.1, 0.15) is 58.8 Å². The van der Waals surface area contributed by atoms with Gasteiger partial charge in [-0.15, -0.1) is 0 Å². The van der Waals surface area contributed by atoms with Gasteiger partial charge in [-0.2, -0.15) is 0 Å². The van der Waals surface area contributed by atoms with Crippen molar-refractivity contribution in [1.29, 1.82) is 0 Å². The molecule has 0 unspecified atom stereocenters. The molecule has 0 saturated carbocycles. The number of aliphatic carboxylic acids is 1. The van der Waals surface area contributed by atoms with Gasteiger partial charge in [0.1, 0.15) is 12.6 Å². The summed E-state index contributed by atoms with van der Waals surface area (Å²) in [6.07, 6.45) is 7.09. The third-order valence-electron chi connectivity index (χ3n) is 2.92. The summed E-state index contributed by atoms with van der Waals surface area (Å²) in [7, 11) is 0. The van der Waals surface area contributed by atoms with Gasteiger partial charge in [0.15, 0.2) is 0 Å². The molecule has 5 heteroatoms. The molecule has 2 N–H and O–H groups in total. The van der Waals surface area contributed by atoms with E-state index >= 15 is 0 Å². The van der Waals surface area contributed by atoms with Gasteiger partial charge in [-0.05, 0) is 13.3 Å². The van der Waals surface area contributed by atoms with E-state index < -0.39 is 12.0 Å². The number of unbranched alkanes of at least 4 members (excludes halogenated alkanes) is 5. The molecular weight excluding hydrogens is 246 g/mol. The summed E-state index contributed by atoms with van der Waals surface area (Å²) in [5.74, 6) is -1.33. The zero-order valence-electron chi connectivity index (χ0n) is 12.1. The minimum atomic E-state index is -0.974. The molecule has 5 nitrogen and oxygen atoms in total. The Hall–Kier alpha value is -1.10. The van der Waals surface area contributed by atoms with Crippen LogP contribution in [-0.4, -0.2) is 36.2 Å². The predicted octanol–water partition coefficient (Wildman–Crippen LogP) is 2.34. The fourth-order valence-electron chi connectivity index (χ4n) is 1.82. The van der Waals surface area contributed by atoms with Crippen LogP contribution in [0.15, 0.2) is 0 Å². The van der Waals surface area contributed by atoms with Crippen molar-refractivity contribution in [1.82, 2.24) is 5.32 Å². The van der Waals surface area contributed by atoms with Crippen molar-refractivity contribution in [2.24, 2.45) is 0 Å². The lowest BCUT2D eigenvalue weighted by atomic mass is 10.1. The Balaban J connectivity index is 3.80. The Bertz CT molecular complexity index is 256. The quantitative estimate of drug-likeness (QED) is 0.535. The SMILES string of the molecule is CCCCCCCC[C@H](NC(=O)COCC)C(=O)O. The number of carbonyl (C=O) groups is 2. The summed E-state index contributed by atoms with van der Waals surface area (Å²) < 4.78 is 4.94. The third kappa shape index (κ3) is 10.5. The number of hydrogen-bond donors (Lipinski definition) is 2. The number of nitrogens with one attached hydrogen (secondary N) is 1. The van der Waals surface area contributed by atoms with Gasteiger partial charge in [0.2, 0.25) is 5.91 Å². The Morgan fingerprint density at radius 1 is 1.11 bits per heavy atom. The zero-order valence-corrected chi connectivity index (χ0v) is 12.1. The van der Waals surface area contributed by atoms with Gasteiger partial charge >= 0.3 is 5.97 Å². The molecule has 0 aromatic carbocycles. The highest BCUT2D eigenvalue weighted by Gasteiger charge is 2.19. The van der Waals surface area contributed by atoms with Crippen LogP contribution in [0.3, 0.4) is 0 Å². The second-order valence-electron chi connectivity index (χ2n) is 4.65. The first-order chi connectivity index (χ1) is 9.11.